The van der Waals surface area contributed by atoms with E-state index in [1.54, 1.807) is 18.6 Å². The zero-order valence-corrected chi connectivity index (χ0v) is 15.8. The first-order valence-electron chi connectivity index (χ1n) is 9.48. The topological polar surface area (TPSA) is 112 Å². The van der Waals surface area contributed by atoms with Gasteiger partial charge in [-0.1, -0.05) is 12.1 Å². The maximum absolute atomic E-state index is 12.2. The van der Waals surface area contributed by atoms with E-state index >= 15 is 0 Å². The number of hydrogen-bond acceptors (Lipinski definition) is 4. The molecule has 4 rings (SSSR count). The minimum atomic E-state index is -0.950. The van der Waals surface area contributed by atoms with Gasteiger partial charge in [0.2, 0.25) is 0 Å². The van der Waals surface area contributed by atoms with Crippen LogP contribution < -0.4 is 10.6 Å². The molecule has 2 aromatic heterocycles. The number of pyridine rings is 1. The van der Waals surface area contributed by atoms with Crippen molar-refractivity contribution >= 4 is 28.7 Å². The molecule has 29 heavy (non-hydrogen) atoms. The lowest BCUT2D eigenvalue weighted by Crippen LogP contribution is -2.50. The van der Waals surface area contributed by atoms with Crippen molar-refractivity contribution in [3.05, 3.63) is 54.5 Å². The predicted octanol–water partition coefficient (Wildman–Crippen LogP) is 2.74. The molecule has 0 saturated carbocycles. The molecule has 1 atom stereocenters. The van der Waals surface area contributed by atoms with Crippen molar-refractivity contribution in [3.8, 4) is 0 Å². The zero-order valence-electron chi connectivity index (χ0n) is 15.8. The van der Waals surface area contributed by atoms with E-state index in [4.69, 9.17) is 5.11 Å². The number of benzene rings is 1. The average molecular weight is 394 g/mol. The first-order chi connectivity index (χ1) is 14.1. The third-order valence-corrected chi connectivity index (χ3v) is 5.01. The summed E-state index contributed by atoms with van der Waals surface area (Å²) in [4.78, 5) is 28.7. The van der Waals surface area contributed by atoms with Crippen molar-refractivity contribution < 1.29 is 14.7 Å². The highest BCUT2D eigenvalue weighted by molar-refractivity contribution is 5.89. The number of piperidine rings is 1. The van der Waals surface area contributed by atoms with Gasteiger partial charge in [0.15, 0.2) is 0 Å². The Labute approximate surface area is 167 Å². The van der Waals surface area contributed by atoms with Crippen LogP contribution in [-0.2, 0) is 6.54 Å². The van der Waals surface area contributed by atoms with Gasteiger partial charge in [0.05, 0.1) is 18.3 Å². The lowest BCUT2D eigenvalue weighted by molar-refractivity contribution is 0.127. The highest BCUT2D eigenvalue weighted by Gasteiger charge is 2.24. The van der Waals surface area contributed by atoms with E-state index in [1.165, 1.54) is 4.90 Å². The average Bonchev–Trinajstić information content (AvgIpc) is 3.12. The summed E-state index contributed by atoms with van der Waals surface area (Å²) in [6, 6.07) is 8.98. The molecule has 1 aromatic carbocycles. The molecule has 9 heteroatoms. The number of carbonyl (C=O) groups is 2. The highest BCUT2D eigenvalue weighted by atomic mass is 16.4. The molecule has 9 nitrogen and oxygen atoms in total. The summed E-state index contributed by atoms with van der Waals surface area (Å²) in [5.74, 6) is 0. The van der Waals surface area contributed by atoms with E-state index in [0.29, 0.717) is 25.3 Å². The monoisotopic (exact) mass is 394 g/mol. The van der Waals surface area contributed by atoms with Crippen molar-refractivity contribution in [2.45, 2.75) is 25.4 Å². The van der Waals surface area contributed by atoms with Crippen LogP contribution in [0.2, 0.25) is 0 Å². The molecular formula is C20H22N6O3. The minimum absolute atomic E-state index is 0.179. The molecule has 3 amide bonds. The molecule has 3 N–H and O–H groups in total. The summed E-state index contributed by atoms with van der Waals surface area (Å²) in [5, 5.41) is 20.1. The van der Waals surface area contributed by atoms with E-state index in [-0.39, 0.29) is 12.1 Å². The number of rotatable bonds is 4. The number of carboxylic acid groups (broad SMARTS) is 1. The van der Waals surface area contributed by atoms with Gasteiger partial charge in [-0.2, -0.15) is 5.10 Å². The van der Waals surface area contributed by atoms with Gasteiger partial charge >= 0.3 is 12.1 Å². The highest BCUT2D eigenvalue weighted by Crippen LogP contribution is 2.16. The van der Waals surface area contributed by atoms with Crippen LogP contribution in [0.25, 0.3) is 10.9 Å². The van der Waals surface area contributed by atoms with Crippen molar-refractivity contribution in [2.75, 3.05) is 18.4 Å². The van der Waals surface area contributed by atoms with E-state index in [2.05, 4.69) is 20.7 Å². The Bertz CT molecular complexity index is 1020. The fourth-order valence-electron chi connectivity index (χ4n) is 3.54. The number of hydrogen-bond donors (Lipinski definition) is 3. The van der Waals surface area contributed by atoms with Crippen LogP contribution in [0.5, 0.6) is 0 Å². The number of nitrogens with one attached hydrogen (secondary N) is 2. The van der Waals surface area contributed by atoms with Crippen LogP contribution >= 0.6 is 0 Å². The van der Waals surface area contributed by atoms with Crippen LogP contribution in [0, 0.1) is 0 Å². The smallest absolute Gasteiger partial charge is 0.407 e. The molecule has 0 aliphatic carbocycles. The van der Waals surface area contributed by atoms with E-state index in [0.717, 1.165) is 29.3 Å². The molecule has 3 heterocycles. The van der Waals surface area contributed by atoms with Crippen molar-refractivity contribution in [1.29, 1.82) is 0 Å². The fraction of sp³-hybridized carbons (Fsp3) is 0.300. The maximum atomic E-state index is 12.2. The Kier molecular flexibility index (Phi) is 5.28. The van der Waals surface area contributed by atoms with Gasteiger partial charge in [-0.05, 0) is 36.6 Å². The summed E-state index contributed by atoms with van der Waals surface area (Å²) in [7, 11) is 0. The van der Waals surface area contributed by atoms with Crippen LogP contribution in [0.3, 0.4) is 0 Å². The first kappa shape index (κ1) is 18.7. The number of aromatic nitrogens is 3. The largest absolute Gasteiger partial charge is 0.465 e. The molecule has 0 radical (unpaired) electrons. The normalized spacial score (nSPS) is 16.6. The van der Waals surface area contributed by atoms with Gasteiger partial charge in [-0.3, -0.25) is 9.67 Å². The second-order valence-electron chi connectivity index (χ2n) is 7.10. The Morgan fingerprint density at radius 3 is 2.79 bits per heavy atom. The lowest BCUT2D eigenvalue weighted by Gasteiger charge is -2.31. The van der Waals surface area contributed by atoms with Crippen LogP contribution in [0.1, 0.15) is 18.4 Å². The number of likely N-dealkylation sites (tertiary alicyclic amines) is 1. The summed E-state index contributed by atoms with van der Waals surface area (Å²) in [6.45, 7) is 1.45. The molecule has 0 unspecified atom stereocenters. The van der Waals surface area contributed by atoms with Crippen molar-refractivity contribution in [2.24, 2.45) is 0 Å². The second kappa shape index (κ2) is 8.17. The summed E-state index contributed by atoms with van der Waals surface area (Å²) < 4.78 is 1.91. The summed E-state index contributed by atoms with van der Waals surface area (Å²) in [6.07, 6.45) is 5.88. The third kappa shape index (κ3) is 4.45. The van der Waals surface area contributed by atoms with Crippen LogP contribution in [0.15, 0.2) is 48.9 Å². The Morgan fingerprint density at radius 1 is 1.17 bits per heavy atom. The number of fused-ring (bicyclic) bond motifs is 1. The Hall–Kier alpha value is -3.62. The molecule has 150 valence electrons. The molecule has 1 aliphatic rings. The van der Waals surface area contributed by atoms with Crippen LogP contribution in [0.4, 0.5) is 15.3 Å². The van der Waals surface area contributed by atoms with Gasteiger partial charge in [0, 0.05) is 42.6 Å². The fourth-order valence-corrected chi connectivity index (χ4v) is 3.54. The van der Waals surface area contributed by atoms with E-state index in [1.807, 2.05) is 35.0 Å². The molecular weight excluding hydrogens is 372 g/mol. The van der Waals surface area contributed by atoms with Gasteiger partial charge in [-0.25, -0.2) is 9.59 Å². The summed E-state index contributed by atoms with van der Waals surface area (Å²) in [5.41, 5.74) is 2.75. The number of anilines is 1. The molecule has 0 bridgehead atoms. The van der Waals surface area contributed by atoms with Crippen molar-refractivity contribution in [3.63, 3.8) is 0 Å². The van der Waals surface area contributed by atoms with Gasteiger partial charge in [-0.15, -0.1) is 0 Å². The van der Waals surface area contributed by atoms with E-state index in [9.17, 15) is 9.59 Å². The lowest BCUT2D eigenvalue weighted by atomic mass is 10.1. The summed E-state index contributed by atoms with van der Waals surface area (Å²) >= 11 is 0. The second-order valence-corrected chi connectivity index (χ2v) is 7.10. The zero-order chi connectivity index (χ0) is 20.2. The molecule has 3 aromatic rings. The third-order valence-electron chi connectivity index (χ3n) is 5.01. The number of carbonyl (C=O) groups excluding carboxylic acids is 1. The van der Waals surface area contributed by atoms with Gasteiger partial charge in [0.1, 0.15) is 0 Å². The van der Waals surface area contributed by atoms with E-state index < -0.39 is 6.09 Å². The molecule has 1 fully saturated rings. The standard InChI is InChI=1S/C20H22N6O3/c27-19(24-17-2-1-9-25(13-17)20(28)29)23-16-5-3-14(4-6-16)12-26-18-7-8-21-10-15(18)11-22-26/h3-8,10-11,17H,1-2,9,12-13H2,(H,28,29)(H2,23,24,27)/t17-/m1/s1. The first-order valence-corrected chi connectivity index (χ1v) is 9.48. The Morgan fingerprint density at radius 2 is 2.00 bits per heavy atom. The molecule has 0 spiro atoms. The molecule has 1 aliphatic heterocycles. The maximum Gasteiger partial charge on any atom is 0.407 e. The number of urea groups is 1. The van der Waals surface area contributed by atoms with Gasteiger partial charge in [0.25, 0.3) is 0 Å². The SMILES string of the molecule is O=C(Nc1ccc(Cn2ncc3cnccc32)cc1)N[C@@H]1CCCN(C(=O)O)C1. The minimum Gasteiger partial charge on any atom is -0.465 e. The van der Waals surface area contributed by atoms with Crippen molar-refractivity contribution in [1.82, 2.24) is 25.0 Å². The predicted molar refractivity (Wildman–Crippen MR) is 108 cm³/mol. The Balaban J connectivity index is 1.33. The molecule has 1 saturated heterocycles. The quantitative estimate of drug-likeness (QED) is 0.630. The number of nitrogens with zero attached hydrogens (tertiary/aromatic N) is 4. The van der Waals surface area contributed by atoms with Gasteiger partial charge < -0.3 is 20.6 Å². The van der Waals surface area contributed by atoms with Crippen LogP contribution in [-0.4, -0.2) is 56.0 Å². The number of amides is 3.